The SMILES string of the molecule is O=C(CSc1nc2ccc(S(=O)(=O)N3CCCCC3)cc2s1)Nc1cccc(C(F)(F)F)c1. The van der Waals surface area contributed by atoms with E-state index in [9.17, 15) is 26.4 Å². The Bertz CT molecular complexity index is 1270. The Morgan fingerprint density at radius 3 is 2.61 bits per heavy atom. The molecule has 0 spiro atoms. The van der Waals surface area contributed by atoms with E-state index in [4.69, 9.17) is 0 Å². The summed E-state index contributed by atoms with van der Waals surface area (Å²) in [6.45, 7) is 1.04. The molecule has 1 N–H and O–H groups in total. The van der Waals surface area contributed by atoms with Gasteiger partial charge in [0.05, 0.1) is 26.4 Å². The minimum absolute atomic E-state index is 0.0466. The van der Waals surface area contributed by atoms with Gasteiger partial charge in [0.1, 0.15) is 0 Å². The van der Waals surface area contributed by atoms with Crippen LogP contribution < -0.4 is 5.32 Å². The summed E-state index contributed by atoms with van der Waals surface area (Å²) in [5.41, 5.74) is -0.153. The van der Waals surface area contributed by atoms with Gasteiger partial charge in [0.15, 0.2) is 4.34 Å². The number of hydrogen-bond acceptors (Lipinski definition) is 6. The summed E-state index contributed by atoms with van der Waals surface area (Å²) in [6, 6.07) is 9.23. The Hall–Kier alpha value is -2.15. The number of anilines is 1. The van der Waals surface area contributed by atoms with Crippen molar-refractivity contribution < 1.29 is 26.4 Å². The molecule has 33 heavy (non-hydrogen) atoms. The van der Waals surface area contributed by atoms with Crippen molar-refractivity contribution in [3.05, 3.63) is 48.0 Å². The molecule has 1 aliphatic rings. The number of sulfonamides is 1. The molecular weight excluding hydrogens is 495 g/mol. The molecule has 1 fully saturated rings. The number of amides is 1. The van der Waals surface area contributed by atoms with Crippen LogP contribution in [0.4, 0.5) is 18.9 Å². The van der Waals surface area contributed by atoms with E-state index >= 15 is 0 Å². The minimum Gasteiger partial charge on any atom is -0.325 e. The number of benzene rings is 2. The van der Waals surface area contributed by atoms with Crippen molar-refractivity contribution in [3.63, 3.8) is 0 Å². The van der Waals surface area contributed by atoms with Crippen LogP contribution in [-0.2, 0) is 21.0 Å². The average Bonchev–Trinajstić information content (AvgIpc) is 3.20. The molecule has 12 heteroatoms. The zero-order valence-electron chi connectivity index (χ0n) is 17.3. The molecule has 6 nitrogen and oxygen atoms in total. The Labute approximate surface area is 197 Å². The first-order valence-corrected chi connectivity index (χ1v) is 13.4. The predicted molar refractivity (Wildman–Crippen MR) is 123 cm³/mol. The zero-order chi connectivity index (χ0) is 23.6. The highest BCUT2D eigenvalue weighted by atomic mass is 32.2. The standard InChI is InChI=1S/C21H20F3N3O3S3/c22-21(23,24)14-5-4-6-15(11-14)25-19(28)13-31-20-26-17-8-7-16(12-18(17)32-20)33(29,30)27-9-2-1-3-10-27/h4-8,11-12H,1-3,9-10,13H2,(H,25,28). The summed E-state index contributed by atoms with van der Waals surface area (Å²) in [5.74, 6) is -0.512. The first kappa shape index (κ1) is 24.0. The molecule has 2 heterocycles. The van der Waals surface area contributed by atoms with Gasteiger partial charge < -0.3 is 5.32 Å². The van der Waals surface area contributed by atoms with Crippen LogP contribution in [0.3, 0.4) is 0 Å². The van der Waals surface area contributed by atoms with Crippen molar-refractivity contribution in [1.29, 1.82) is 0 Å². The first-order chi connectivity index (χ1) is 15.6. The fraction of sp³-hybridized carbons (Fsp3) is 0.333. The molecule has 176 valence electrons. The molecule has 4 rings (SSSR count). The Morgan fingerprint density at radius 2 is 1.88 bits per heavy atom. The van der Waals surface area contributed by atoms with Gasteiger partial charge in [-0.1, -0.05) is 24.2 Å². The highest BCUT2D eigenvalue weighted by molar-refractivity contribution is 8.01. The summed E-state index contributed by atoms with van der Waals surface area (Å²) < 4.78 is 67.0. The molecule has 0 unspecified atom stereocenters. The quantitative estimate of drug-likeness (QED) is 0.456. The van der Waals surface area contributed by atoms with Crippen LogP contribution in [0.1, 0.15) is 24.8 Å². The van der Waals surface area contributed by atoms with Gasteiger partial charge in [0.2, 0.25) is 15.9 Å². The third-order valence-electron chi connectivity index (χ3n) is 5.09. The van der Waals surface area contributed by atoms with Gasteiger partial charge in [-0.2, -0.15) is 17.5 Å². The van der Waals surface area contributed by atoms with Gasteiger partial charge in [-0.05, 0) is 49.2 Å². The van der Waals surface area contributed by atoms with E-state index in [-0.39, 0.29) is 16.3 Å². The monoisotopic (exact) mass is 515 g/mol. The number of alkyl halides is 3. The number of rotatable bonds is 6. The molecule has 0 bridgehead atoms. The Morgan fingerprint density at radius 1 is 1.12 bits per heavy atom. The normalized spacial score (nSPS) is 15.6. The number of nitrogens with zero attached hydrogens (tertiary/aromatic N) is 2. The number of aromatic nitrogens is 1. The fourth-order valence-corrected chi connectivity index (χ4v) is 6.98. The molecule has 2 aromatic carbocycles. The number of carbonyl (C=O) groups is 1. The van der Waals surface area contributed by atoms with Gasteiger partial charge in [0, 0.05) is 18.8 Å². The van der Waals surface area contributed by atoms with Crippen molar-refractivity contribution in [2.45, 2.75) is 34.7 Å². The maximum atomic E-state index is 12.9. The number of thioether (sulfide) groups is 1. The molecule has 0 saturated carbocycles. The number of thiazole rings is 1. The lowest BCUT2D eigenvalue weighted by molar-refractivity contribution is -0.137. The topological polar surface area (TPSA) is 79.4 Å². The van der Waals surface area contributed by atoms with Crippen LogP contribution in [0.25, 0.3) is 10.2 Å². The van der Waals surface area contributed by atoms with Gasteiger partial charge in [-0.3, -0.25) is 4.79 Å². The van der Waals surface area contributed by atoms with Crippen molar-refractivity contribution in [3.8, 4) is 0 Å². The Balaban J connectivity index is 1.42. The smallest absolute Gasteiger partial charge is 0.325 e. The van der Waals surface area contributed by atoms with E-state index in [1.165, 1.54) is 27.8 Å². The second-order valence-electron chi connectivity index (χ2n) is 7.49. The minimum atomic E-state index is -4.49. The van der Waals surface area contributed by atoms with E-state index < -0.39 is 27.7 Å². The van der Waals surface area contributed by atoms with Crippen molar-refractivity contribution in [2.24, 2.45) is 0 Å². The molecule has 0 aliphatic carbocycles. The van der Waals surface area contributed by atoms with Crippen LogP contribution in [0.15, 0.2) is 51.7 Å². The third-order valence-corrected chi connectivity index (χ3v) is 9.15. The maximum absolute atomic E-state index is 12.9. The van der Waals surface area contributed by atoms with Gasteiger partial charge in [-0.15, -0.1) is 11.3 Å². The highest BCUT2D eigenvalue weighted by Gasteiger charge is 2.30. The van der Waals surface area contributed by atoms with Crippen LogP contribution in [0.5, 0.6) is 0 Å². The second kappa shape index (κ2) is 9.61. The second-order valence-corrected chi connectivity index (χ2v) is 11.7. The van der Waals surface area contributed by atoms with Crippen LogP contribution >= 0.6 is 23.1 Å². The number of halogens is 3. The molecule has 3 aromatic rings. The summed E-state index contributed by atoms with van der Waals surface area (Å²) in [5, 5.41) is 2.46. The maximum Gasteiger partial charge on any atom is 0.416 e. The summed E-state index contributed by atoms with van der Waals surface area (Å²) >= 11 is 2.41. The van der Waals surface area contributed by atoms with Crippen LogP contribution in [0.2, 0.25) is 0 Å². The van der Waals surface area contributed by atoms with Crippen molar-refractivity contribution in [2.75, 3.05) is 24.2 Å². The molecule has 1 amide bonds. The molecule has 0 radical (unpaired) electrons. The number of hydrogen-bond donors (Lipinski definition) is 1. The zero-order valence-corrected chi connectivity index (χ0v) is 19.7. The fourth-order valence-electron chi connectivity index (χ4n) is 3.46. The summed E-state index contributed by atoms with van der Waals surface area (Å²) in [7, 11) is -3.56. The summed E-state index contributed by atoms with van der Waals surface area (Å²) in [4.78, 5) is 16.8. The molecule has 1 saturated heterocycles. The molecule has 1 aliphatic heterocycles. The molecule has 0 atom stereocenters. The first-order valence-electron chi connectivity index (χ1n) is 10.1. The van der Waals surface area contributed by atoms with E-state index in [2.05, 4.69) is 10.3 Å². The van der Waals surface area contributed by atoms with E-state index in [1.54, 1.807) is 18.2 Å². The van der Waals surface area contributed by atoms with Gasteiger partial charge in [0.25, 0.3) is 0 Å². The van der Waals surface area contributed by atoms with E-state index in [0.29, 0.717) is 27.6 Å². The lowest BCUT2D eigenvalue weighted by Crippen LogP contribution is -2.35. The Kier molecular flexibility index (Phi) is 6.99. The van der Waals surface area contributed by atoms with Crippen molar-refractivity contribution in [1.82, 2.24) is 9.29 Å². The summed E-state index contributed by atoms with van der Waals surface area (Å²) in [6.07, 6.45) is -1.75. The third kappa shape index (κ3) is 5.68. The molecule has 1 aromatic heterocycles. The number of piperidine rings is 1. The number of fused-ring (bicyclic) bond motifs is 1. The largest absolute Gasteiger partial charge is 0.416 e. The van der Waals surface area contributed by atoms with Crippen LogP contribution in [-0.4, -0.2) is 42.5 Å². The lowest BCUT2D eigenvalue weighted by Gasteiger charge is -2.25. The van der Waals surface area contributed by atoms with Crippen LogP contribution in [0, 0.1) is 0 Å². The average molecular weight is 516 g/mol. The van der Waals surface area contributed by atoms with Gasteiger partial charge >= 0.3 is 6.18 Å². The molecular formula is C21H20F3N3O3S3. The van der Waals surface area contributed by atoms with E-state index in [1.807, 2.05) is 0 Å². The lowest BCUT2D eigenvalue weighted by atomic mass is 10.2. The predicted octanol–water partition coefficient (Wildman–Crippen LogP) is 5.22. The number of nitrogens with one attached hydrogen (secondary N) is 1. The highest BCUT2D eigenvalue weighted by Crippen LogP contribution is 2.33. The van der Waals surface area contributed by atoms with E-state index in [0.717, 1.165) is 43.2 Å². The number of carbonyl (C=O) groups excluding carboxylic acids is 1. The van der Waals surface area contributed by atoms with Crippen molar-refractivity contribution >= 4 is 54.9 Å². The van der Waals surface area contributed by atoms with Gasteiger partial charge in [-0.25, -0.2) is 13.4 Å².